The minimum absolute atomic E-state index is 0.0491. The van der Waals surface area contributed by atoms with E-state index in [9.17, 15) is 13.0 Å². The Labute approximate surface area is 124 Å². The van der Waals surface area contributed by atoms with Crippen molar-refractivity contribution in [2.75, 3.05) is 6.26 Å². The molecule has 1 heterocycles. The van der Waals surface area contributed by atoms with Crippen molar-refractivity contribution in [1.29, 1.82) is 0 Å². The van der Waals surface area contributed by atoms with Gasteiger partial charge in [-0.05, 0) is 38.8 Å². The van der Waals surface area contributed by atoms with E-state index in [0.717, 1.165) is 18.2 Å². The number of nitrogens with zero attached hydrogens (tertiary/aromatic N) is 1. The van der Waals surface area contributed by atoms with Crippen LogP contribution in [0.25, 0.3) is 0 Å². The van der Waals surface area contributed by atoms with Gasteiger partial charge in [-0.15, -0.1) is 4.72 Å². The van der Waals surface area contributed by atoms with E-state index < -0.39 is 21.2 Å². The van der Waals surface area contributed by atoms with Crippen molar-refractivity contribution in [3.05, 3.63) is 23.9 Å². The van der Waals surface area contributed by atoms with E-state index in [1.807, 2.05) is 27.7 Å². The van der Waals surface area contributed by atoms with E-state index >= 15 is 0 Å². The van der Waals surface area contributed by atoms with Gasteiger partial charge in [0.15, 0.2) is 14.9 Å². The van der Waals surface area contributed by atoms with Gasteiger partial charge < -0.3 is 4.55 Å². The van der Waals surface area contributed by atoms with E-state index in [0.29, 0.717) is 0 Å². The second-order valence-electron chi connectivity index (χ2n) is 5.66. The van der Waals surface area contributed by atoms with Crippen LogP contribution in [-0.2, 0) is 21.2 Å². The quantitative estimate of drug-likeness (QED) is 0.840. The zero-order valence-corrected chi connectivity index (χ0v) is 14.1. The first kappa shape index (κ1) is 17.4. The zero-order chi connectivity index (χ0) is 15.6. The lowest BCUT2D eigenvalue weighted by Gasteiger charge is -2.27. The molecule has 20 heavy (non-hydrogen) atoms. The van der Waals surface area contributed by atoms with Crippen molar-refractivity contribution in [1.82, 2.24) is 9.71 Å². The molecule has 114 valence electrons. The number of sulfone groups is 1. The molecule has 0 bridgehead atoms. The first-order valence-corrected chi connectivity index (χ1v) is 9.44. The lowest BCUT2D eigenvalue weighted by atomic mass is 10.1. The predicted molar refractivity (Wildman–Crippen MR) is 81.4 cm³/mol. The molecule has 1 aromatic heterocycles. The van der Waals surface area contributed by atoms with Crippen molar-refractivity contribution < 1.29 is 13.0 Å². The molecule has 0 fully saturated rings. The molecule has 7 heteroatoms. The average Bonchev–Trinajstić information content (AvgIpc) is 2.33. The molecule has 0 aromatic carbocycles. The highest BCUT2D eigenvalue weighted by molar-refractivity contribution is 7.91. The molecule has 0 aliphatic heterocycles. The van der Waals surface area contributed by atoms with E-state index in [2.05, 4.69) is 9.71 Å². The third kappa shape index (κ3) is 4.73. The van der Waals surface area contributed by atoms with E-state index in [1.165, 1.54) is 12.3 Å². The third-order valence-electron chi connectivity index (χ3n) is 2.76. The van der Waals surface area contributed by atoms with Crippen molar-refractivity contribution >= 4 is 21.2 Å². The van der Waals surface area contributed by atoms with Crippen molar-refractivity contribution in [2.45, 2.75) is 49.9 Å². The predicted octanol–water partition coefficient (Wildman–Crippen LogP) is 1.99. The summed E-state index contributed by atoms with van der Waals surface area (Å²) >= 11 is -1.19. The molecule has 0 radical (unpaired) electrons. The molecule has 0 spiro atoms. The fourth-order valence-electron chi connectivity index (χ4n) is 1.51. The Hall–Kier alpha value is -0.630. The van der Waals surface area contributed by atoms with E-state index in [-0.39, 0.29) is 15.8 Å². The standard InChI is InChI=1S/C13H22N2O3S2/c1-6-11(15-19(16)13(2,3)4)10-7-8-12(14-9-10)20(5,17)18/h7-9,11,15H,6H2,1-5H3/t11-,19+/m0/s1. The molecule has 1 aromatic rings. The molecule has 0 aliphatic carbocycles. The summed E-state index contributed by atoms with van der Waals surface area (Å²) in [7, 11) is -3.29. The molecule has 0 amide bonds. The average molecular weight is 318 g/mol. The van der Waals surface area contributed by atoms with Gasteiger partial charge in [-0.25, -0.2) is 13.4 Å². The largest absolute Gasteiger partial charge is 0.598 e. The second kappa shape index (κ2) is 6.43. The van der Waals surface area contributed by atoms with Crippen LogP contribution in [0.4, 0.5) is 0 Å². The summed E-state index contributed by atoms with van der Waals surface area (Å²) < 4.78 is 37.6. The Kier molecular flexibility index (Phi) is 5.60. The molecule has 0 unspecified atom stereocenters. The third-order valence-corrected chi connectivity index (χ3v) is 5.37. The monoisotopic (exact) mass is 318 g/mol. The van der Waals surface area contributed by atoms with Crippen LogP contribution in [0.1, 0.15) is 45.7 Å². The zero-order valence-electron chi connectivity index (χ0n) is 12.5. The lowest BCUT2D eigenvalue weighted by molar-refractivity contribution is 0.518. The Balaban J connectivity index is 2.91. The molecule has 5 nitrogen and oxygen atoms in total. The highest BCUT2D eigenvalue weighted by atomic mass is 32.2. The highest BCUT2D eigenvalue weighted by Gasteiger charge is 2.29. The Morgan fingerprint density at radius 3 is 2.35 bits per heavy atom. The normalized spacial score (nSPS) is 15.9. The van der Waals surface area contributed by atoms with Gasteiger partial charge in [0.05, 0.1) is 6.04 Å². The number of hydrogen-bond donors (Lipinski definition) is 1. The molecule has 1 N–H and O–H groups in total. The minimum Gasteiger partial charge on any atom is -0.598 e. The SMILES string of the molecule is CC[C@H](N[S@+]([O-])C(C)(C)C)c1ccc(S(C)(=O)=O)nc1. The number of nitrogens with one attached hydrogen (secondary N) is 1. The van der Waals surface area contributed by atoms with Crippen LogP contribution in [0.3, 0.4) is 0 Å². The molecular weight excluding hydrogens is 296 g/mol. The summed E-state index contributed by atoms with van der Waals surface area (Å²) in [6, 6.07) is 3.08. The summed E-state index contributed by atoms with van der Waals surface area (Å²) in [6.45, 7) is 7.66. The van der Waals surface area contributed by atoms with Crippen molar-refractivity contribution in [3.63, 3.8) is 0 Å². The van der Waals surface area contributed by atoms with Crippen molar-refractivity contribution in [2.24, 2.45) is 0 Å². The number of aromatic nitrogens is 1. The van der Waals surface area contributed by atoms with Crippen molar-refractivity contribution in [3.8, 4) is 0 Å². The topological polar surface area (TPSA) is 82.1 Å². The number of rotatable bonds is 5. The van der Waals surface area contributed by atoms with Gasteiger partial charge in [0.2, 0.25) is 0 Å². The smallest absolute Gasteiger partial charge is 0.192 e. The maximum atomic E-state index is 12.1. The van der Waals surface area contributed by atoms with Gasteiger partial charge in [-0.2, -0.15) is 0 Å². The van der Waals surface area contributed by atoms with Crippen LogP contribution in [-0.4, -0.2) is 29.0 Å². The van der Waals surface area contributed by atoms with E-state index in [4.69, 9.17) is 0 Å². The van der Waals surface area contributed by atoms with Crippen LogP contribution in [0.15, 0.2) is 23.4 Å². The minimum atomic E-state index is -3.29. The maximum absolute atomic E-state index is 12.1. The molecule has 0 saturated heterocycles. The summed E-state index contributed by atoms with van der Waals surface area (Å²) in [6.07, 6.45) is 3.39. The van der Waals surface area contributed by atoms with E-state index in [1.54, 1.807) is 6.07 Å². The Morgan fingerprint density at radius 2 is 2.00 bits per heavy atom. The van der Waals surface area contributed by atoms with Gasteiger partial charge in [0.1, 0.15) is 4.75 Å². The molecular formula is C13H22N2O3S2. The lowest BCUT2D eigenvalue weighted by Crippen LogP contribution is -2.41. The van der Waals surface area contributed by atoms with Gasteiger partial charge in [0.25, 0.3) is 0 Å². The maximum Gasteiger partial charge on any atom is 0.192 e. The summed E-state index contributed by atoms with van der Waals surface area (Å²) in [4.78, 5) is 3.96. The molecule has 1 rings (SSSR count). The second-order valence-corrected chi connectivity index (χ2v) is 9.62. The van der Waals surface area contributed by atoms with Gasteiger partial charge in [0, 0.05) is 23.8 Å². The first-order chi connectivity index (χ1) is 9.05. The fraction of sp³-hybridized carbons (Fsp3) is 0.615. The Morgan fingerprint density at radius 1 is 1.40 bits per heavy atom. The Bertz CT molecular complexity index is 536. The van der Waals surface area contributed by atoms with Crippen LogP contribution in [0.2, 0.25) is 0 Å². The van der Waals surface area contributed by atoms with Crippen LogP contribution >= 0.6 is 0 Å². The number of pyridine rings is 1. The van der Waals surface area contributed by atoms with Crippen LogP contribution in [0, 0.1) is 0 Å². The summed E-state index contributed by atoms with van der Waals surface area (Å²) in [5.41, 5.74) is 0.831. The van der Waals surface area contributed by atoms with Crippen LogP contribution in [0.5, 0.6) is 0 Å². The summed E-state index contributed by atoms with van der Waals surface area (Å²) in [5, 5.41) is 0.0491. The van der Waals surface area contributed by atoms with Gasteiger partial charge >= 0.3 is 0 Å². The van der Waals surface area contributed by atoms with Gasteiger partial charge in [-0.1, -0.05) is 13.0 Å². The number of hydrogen-bond acceptors (Lipinski definition) is 5. The van der Waals surface area contributed by atoms with Gasteiger partial charge in [-0.3, -0.25) is 0 Å². The van der Waals surface area contributed by atoms with Crippen LogP contribution < -0.4 is 4.72 Å². The molecule has 2 atom stereocenters. The molecule has 0 saturated carbocycles. The molecule has 0 aliphatic rings. The summed E-state index contributed by atoms with van der Waals surface area (Å²) in [5.74, 6) is 0. The highest BCUT2D eigenvalue weighted by Crippen LogP contribution is 2.22. The first-order valence-electron chi connectivity index (χ1n) is 6.39. The fourth-order valence-corrected chi connectivity index (χ4v) is 2.98.